The fourth-order valence-corrected chi connectivity index (χ4v) is 0.752. The molecule has 0 aromatic carbocycles. The summed E-state index contributed by atoms with van der Waals surface area (Å²) in [5.41, 5.74) is -0.639. The van der Waals surface area contributed by atoms with Gasteiger partial charge in [-0.05, 0) is 20.8 Å². The third-order valence-electron chi connectivity index (χ3n) is 1.44. The lowest BCUT2D eigenvalue weighted by Crippen LogP contribution is -2.40. The molecule has 0 aromatic heterocycles. The van der Waals surface area contributed by atoms with E-state index in [2.05, 4.69) is 0 Å². The van der Waals surface area contributed by atoms with Crippen molar-refractivity contribution >= 4 is 12.1 Å². The molecule has 1 unspecified atom stereocenters. The van der Waals surface area contributed by atoms with Crippen molar-refractivity contribution in [3.05, 3.63) is 0 Å². The second-order valence-electron chi connectivity index (χ2n) is 4.21. The van der Waals surface area contributed by atoms with Crippen LogP contribution in [-0.2, 0) is 9.53 Å². The molecule has 15 heavy (non-hydrogen) atoms. The molecule has 0 aliphatic heterocycles. The van der Waals surface area contributed by atoms with Crippen molar-refractivity contribution in [2.45, 2.75) is 32.5 Å². The molecule has 2 N–H and O–H groups in total. The third-order valence-corrected chi connectivity index (χ3v) is 1.44. The Kier molecular flexibility index (Phi) is 4.54. The highest BCUT2D eigenvalue weighted by molar-refractivity contribution is 5.74. The van der Waals surface area contributed by atoms with Gasteiger partial charge in [-0.15, -0.1) is 0 Å². The van der Waals surface area contributed by atoms with Gasteiger partial charge in [-0.25, -0.2) is 9.59 Å². The predicted octanol–water partition coefficient (Wildman–Crippen LogP) is 0.299. The molecule has 0 heterocycles. The van der Waals surface area contributed by atoms with Crippen LogP contribution in [0.4, 0.5) is 4.79 Å². The standard InChI is InChI=1S/C9H17NO5/c1-9(2,3)15-8(14)10(4)5-6(11)7(12)13/h6,11H,5H2,1-4H3,(H,12,13). The van der Waals surface area contributed by atoms with Crippen LogP contribution in [0.15, 0.2) is 0 Å². The molecule has 0 fully saturated rings. The number of carboxylic acids is 1. The third kappa shape index (κ3) is 5.90. The van der Waals surface area contributed by atoms with Gasteiger partial charge in [-0.3, -0.25) is 0 Å². The average molecular weight is 219 g/mol. The van der Waals surface area contributed by atoms with Crippen molar-refractivity contribution in [3.8, 4) is 0 Å². The van der Waals surface area contributed by atoms with Crippen LogP contribution in [0, 0.1) is 0 Å². The number of carbonyl (C=O) groups is 2. The first-order valence-electron chi connectivity index (χ1n) is 4.48. The Balaban J connectivity index is 4.17. The van der Waals surface area contributed by atoms with E-state index in [1.807, 2.05) is 0 Å². The highest BCUT2D eigenvalue weighted by Gasteiger charge is 2.23. The predicted molar refractivity (Wildman–Crippen MR) is 52.5 cm³/mol. The Bertz CT molecular complexity index is 245. The summed E-state index contributed by atoms with van der Waals surface area (Å²) < 4.78 is 4.96. The first-order chi connectivity index (χ1) is 6.63. The molecule has 6 heteroatoms. The first-order valence-corrected chi connectivity index (χ1v) is 4.48. The summed E-state index contributed by atoms with van der Waals surface area (Å²) in [6, 6.07) is 0. The maximum atomic E-state index is 11.3. The number of aliphatic carboxylic acids is 1. The smallest absolute Gasteiger partial charge is 0.410 e. The Hall–Kier alpha value is -1.30. The van der Waals surface area contributed by atoms with E-state index in [1.165, 1.54) is 7.05 Å². The van der Waals surface area contributed by atoms with E-state index < -0.39 is 23.8 Å². The number of hydrogen-bond acceptors (Lipinski definition) is 4. The van der Waals surface area contributed by atoms with Crippen molar-refractivity contribution in [2.24, 2.45) is 0 Å². The van der Waals surface area contributed by atoms with Crippen LogP contribution < -0.4 is 0 Å². The quantitative estimate of drug-likeness (QED) is 0.712. The van der Waals surface area contributed by atoms with Gasteiger partial charge in [-0.1, -0.05) is 0 Å². The molecule has 0 rings (SSSR count). The molecule has 0 aliphatic carbocycles. The molecule has 0 aromatic rings. The summed E-state index contributed by atoms with van der Waals surface area (Å²) >= 11 is 0. The van der Waals surface area contributed by atoms with Crippen molar-refractivity contribution in [2.75, 3.05) is 13.6 Å². The van der Waals surface area contributed by atoms with Crippen LogP contribution in [0.25, 0.3) is 0 Å². The summed E-state index contributed by atoms with van der Waals surface area (Å²) in [5.74, 6) is -1.37. The van der Waals surface area contributed by atoms with Gasteiger partial charge in [0, 0.05) is 7.05 Å². The zero-order chi connectivity index (χ0) is 12.2. The zero-order valence-corrected chi connectivity index (χ0v) is 9.35. The molecule has 0 radical (unpaired) electrons. The Morgan fingerprint density at radius 2 is 1.87 bits per heavy atom. The van der Waals surface area contributed by atoms with Crippen LogP contribution >= 0.6 is 0 Å². The fourth-order valence-electron chi connectivity index (χ4n) is 0.752. The molecule has 0 saturated carbocycles. The van der Waals surface area contributed by atoms with Crippen LogP contribution in [-0.4, -0.2) is 52.5 Å². The number of nitrogens with zero attached hydrogens (tertiary/aromatic N) is 1. The Morgan fingerprint density at radius 3 is 2.20 bits per heavy atom. The van der Waals surface area contributed by atoms with E-state index in [-0.39, 0.29) is 6.54 Å². The minimum atomic E-state index is -1.59. The second kappa shape index (κ2) is 4.97. The minimum Gasteiger partial charge on any atom is -0.479 e. The van der Waals surface area contributed by atoms with Crippen LogP contribution in [0.3, 0.4) is 0 Å². The molecular weight excluding hydrogens is 202 g/mol. The number of amides is 1. The van der Waals surface area contributed by atoms with Gasteiger partial charge in [-0.2, -0.15) is 0 Å². The molecule has 88 valence electrons. The zero-order valence-electron chi connectivity index (χ0n) is 9.35. The molecule has 0 aliphatic rings. The van der Waals surface area contributed by atoms with Crippen molar-refractivity contribution in [3.63, 3.8) is 0 Å². The number of hydrogen-bond donors (Lipinski definition) is 2. The second-order valence-corrected chi connectivity index (χ2v) is 4.21. The number of aliphatic hydroxyl groups is 1. The van der Waals surface area contributed by atoms with E-state index in [0.29, 0.717) is 0 Å². The molecule has 6 nitrogen and oxygen atoms in total. The van der Waals surface area contributed by atoms with E-state index >= 15 is 0 Å². The number of carboxylic acid groups (broad SMARTS) is 1. The minimum absolute atomic E-state index is 0.301. The molecule has 0 spiro atoms. The topological polar surface area (TPSA) is 87.1 Å². The van der Waals surface area contributed by atoms with Crippen molar-refractivity contribution < 1.29 is 24.5 Å². The summed E-state index contributed by atoms with van der Waals surface area (Å²) in [5, 5.41) is 17.4. The number of aliphatic hydroxyl groups excluding tert-OH is 1. The molecule has 0 saturated heterocycles. The summed E-state index contributed by atoms with van der Waals surface area (Å²) in [4.78, 5) is 22.6. The van der Waals surface area contributed by atoms with Gasteiger partial charge in [0.1, 0.15) is 5.60 Å². The van der Waals surface area contributed by atoms with Crippen LogP contribution in [0.2, 0.25) is 0 Å². The van der Waals surface area contributed by atoms with Crippen molar-refractivity contribution in [1.29, 1.82) is 0 Å². The van der Waals surface area contributed by atoms with Gasteiger partial charge < -0.3 is 19.8 Å². The van der Waals surface area contributed by atoms with E-state index in [0.717, 1.165) is 4.90 Å². The van der Waals surface area contributed by atoms with Gasteiger partial charge in [0.05, 0.1) is 6.54 Å². The number of carbonyl (C=O) groups excluding carboxylic acids is 1. The highest BCUT2D eigenvalue weighted by atomic mass is 16.6. The van der Waals surface area contributed by atoms with Gasteiger partial charge in [0.25, 0.3) is 0 Å². The fraction of sp³-hybridized carbons (Fsp3) is 0.778. The van der Waals surface area contributed by atoms with Gasteiger partial charge in [0.2, 0.25) is 0 Å². The first kappa shape index (κ1) is 13.7. The SMILES string of the molecule is CN(CC(O)C(=O)O)C(=O)OC(C)(C)C. The number of rotatable bonds is 3. The lowest BCUT2D eigenvalue weighted by Gasteiger charge is -2.25. The lowest BCUT2D eigenvalue weighted by atomic mass is 10.2. The Morgan fingerprint density at radius 1 is 1.40 bits per heavy atom. The normalized spacial score (nSPS) is 13.1. The largest absolute Gasteiger partial charge is 0.479 e. The summed E-state index contributed by atoms with van der Waals surface area (Å²) in [7, 11) is 1.36. The van der Waals surface area contributed by atoms with Crippen molar-refractivity contribution in [1.82, 2.24) is 4.90 Å². The Labute approximate surface area is 88.4 Å². The summed E-state index contributed by atoms with van der Waals surface area (Å²) in [6.07, 6.45) is -2.26. The maximum Gasteiger partial charge on any atom is 0.410 e. The average Bonchev–Trinajstić information content (AvgIpc) is 2.00. The van der Waals surface area contributed by atoms with Crippen LogP contribution in [0.5, 0.6) is 0 Å². The van der Waals surface area contributed by atoms with E-state index in [1.54, 1.807) is 20.8 Å². The summed E-state index contributed by atoms with van der Waals surface area (Å²) in [6.45, 7) is 4.80. The monoisotopic (exact) mass is 219 g/mol. The maximum absolute atomic E-state index is 11.3. The lowest BCUT2D eigenvalue weighted by molar-refractivity contribution is -0.147. The molecule has 0 bridgehead atoms. The van der Waals surface area contributed by atoms with E-state index in [9.17, 15) is 9.59 Å². The number of ether oxygens (including phenoxy) is 1. The number of likely N-dealkylation sites (N-methyl/N-ethyl adjacent to an activating group) is 1. The van der Waals surface area contributed by atoms with Gasteiger partial charge >= 0.3 is 12.1 Å². The van der Waals surface area contributed by atoms with Gasteiger partial charge in [0.15, 0.2) is 6.10 Å². The van der Waals surface area contributed by atoms with Crippen LogP contribution in [0.1, 0.15) is 20.8 Å². The molecule has 1 atom stereocenters. The molecular formula is C9H17NO5. The molecule has 1 amide bonds. The van der Waals surface area contributed by atoms with E-state index in [4.69, 9.17) is 14.9 Å². The highest BCUT2D eigenvalue weighted by Crippen LogP contribution is 2.09.